The summed E-state index contributed by atoms with van der Waals surface area (Å²) >= 11 is 1.38. The summed E-state index contributed by atoms with van der Waals surface area (Å²) in [6.07, 6.45) is 1.48. The number of nitrogens with zero attached hydrogens (tertiary/aromatic N) is 2. The van der Waals surface area contributed by atoms with E-state index in [0.29, 0.717) is 11.5 Å². The molecule has 0 aliphatic rings. The molecule has 2 aromatic rings. The van der Waals surface area contributed by atoms with E-state index in [9.17, 15) is 19.7 Å². The fraction of sp³-hybridized carbons (Fsp3) is 0.167. The number of carbonyl (C=O) groups is 2. The molecule has 0 fully saturated rings. The van der Waals surface area contributed by atoms with Gasteiger partial charge in [-0.25, -0.2) is 5.43 Å². The zero-order chi connectivity index (χ0) is 19.6. The fourth-order valence-corrected chi connectivity index (χ4v) is 2.75. The van der Waals surface area contributed by atoms with Crippen LogP contribution in [0.15, 0.2) is 53.6 Å². The van der Waals surface area contributed by atoms with Crippen LogP contribution in [0.25, 0.3) is 0 Å². The SMILES string of the molecule is CC(=O)Oc1ccc(/C=N/NC(=O)CSCc2ccc([N+](=O)[O-])cc2)cc1. The van der Waals surface area contributed by atoms with Crippen LogP contribution in [0, 0.1) is 10.1 Å². The molecule has 0 aliphatic carbocycles. The highest BCUT2D eigenvalue weighted by Gasteiger charge is 2.05. The highest BCUT2D eigenvalue weighted by molar-refractivity contribution is 7.99. The maximum absolute atomic E-state index is 11.7. The number of benzene rings is 2. The van der Waals surface area contributed by atoms with Gasteiger partial charge in [0.1, 0.15) is 5.75 Å². The van der Waals surface area contributed by atoms with Gasteiger partial charge in [-0.1, -0.05) is 12.1 Å². The van der Waals surface area contributed by atoms with Crippen LogP contribution in [0.4, 0.5) is 5.69 Å². The van der Waals surface area contributed by atoms with E-state index in [-0.39, 0.29) is 17.3 Å². The Morgan fingerprint density at radius 1 is 1.19 bits per heavy atom. The third-order valence-electron chi connectivity index (χ3n) is 3.19. The summed E-state index contributed by atoms with van der Waals surface area (Å²) in [5, 5.41) is 14.5. The van der Waals surface area contributed by atoms with Gasteiger partial charge in [0.15, 0.2) is 0 Å². The number of hydrogen-bond acceptors (Lipinski definition) is 7. The maximum atomic E-state index is 11.7. The minimum atomic E-state index is -0.452. The number of carbonyl (C=O) groups excluding carboxylic acids is 2. The molecule has 140 valence electrons. The zero-order valence-corrected chi connectivity index (χ0v) is 15.3. The summed E-state index contributed by atoms with van der Waals surface area (Å²) in [5.74, 6) is 0.558. The molecule has 0 aliphatic heterocycles. The molecule has 2 aromatic carbocycles. The first-order chi connectivity index (χ1) is 12.9. The Bertz CT molecular complexity index is 835. The molecule has 0 aromatic heterocycles. The largest absolute Gasteiger partial charge is 0.427 e. The molecule has 0 atom stereocenters. The molecule has 0 bridgehead atoms. The first kappa shape index (κ1) is 20.1. The molecule has 8 nitrogen and oxygen atoms in total. The molecular formula is C18H17N3O5S. The number of hydrazone groups is 1. The van der Waals surface area contributed by atoms with Crippen LogP contribution in [-0.2, 0) is 15.3 Å². The van der Waals surface area contributed by atoms with Crippen LogP contribution in [0.1, 0.15) is 18.1 Å². The minimum absolute atomic E-state index is 0.0386. The molecule has 9 heteroatoms. The predicted octanol–water partition coefficient (Wildman–Crippen LogP) is 2.90. The summed E-state index contributed by atoms with van der Waals surface area (Å²) in [6.45, 7) is 1.32. The van der Waals surface area contributed by atoms with E-state index in [2.05, 4.69) is 10.5 Å². The summed E-state index contributed by atoms with van der Waals surface area (Å²) in [7, 11) is 0. The standard InChI is InChI=1S/C18H17N3O5S/c1-13(22)26-17-8-4-14(5-9-17)10-19-20-18(23)12-27-11-15-2-6-16(7-3-15)21(24)25/h2-10H,11-12H2,1H3,(H,20,23)/b19-10+. The highest BCUT2D eigenvalue weighted by atomic mass is 32.2. The van der Waals surface area contributed by atoms with Crippen molar-refractivity contribution in [2.75, 3.05) is 5.75 Å². The molecule has 1 N–H and O–H groups in total. The number of nitro groups is 1. The summed E-state index contributed by atoms with van der Waals surface area (Å²) in [6, 6.07) is 12.9. The second-order valence-corrected chi connectivity index (χ2v) is 6.36. The number of rotatable bonds is 8. The molecule has 0 heterocycles. The molecule has 27 heavy (non-hydrogen) atoms. The van der Waals surface area contributed by atoms with Crippen LogP contribution in [0.2, 0.25) is 0 Å². The number of non-ortho nitro benzene ring substituents is 1. The molecule has 2 rings (SSSR count). The molecule has 0 unspecified atom stereocenters. The van der Waals surface area contributed by atoms with Gasteiger partial charge in [0.25, 0.3) is 5.69 Å². The first-order valence-electron chi connectivity index (χ1n) is 7.85. The maximum Gasteiger partial charge on any atom is 0.308 e. The Balaban J connectivity index is 1.71. The number of nitro benzene ring substituents is 1. The first-order valence-corrected chi connectivity index (χ1v) is 9.01. The van der Waals surface area contributed by atoms with Crippen molar-refractivity contribution in [2.24, 2.45) is 5.10 Å². The lowest BCUT2D eigenvalue weighted by Crippen LogP contribution is -2.19. The van der Waals surface area contributed by atoms with Crippen molar-refractivity contribution in [1.82, 2.24) is 5.43 Å². The monoisotopic (exact) mass is 387 g/mol. The number of esters is 1. The fourth-order valence-electron chi connectivity index (χ4n) is 1.97. The smallest absolute Gasteiger partial charge is 0.308 e. The van der Waals surface area contributed by atoms with Crippen LogP contribution < -0.4 is 10.2 Å². The predicted molar refractivity (Wildman–Crippen MR) is 103 cm³/mol. The summed E-state index contributed by atoms with van der Waals surface area (Å²) in [4.78, 5) is 32.7. The summed E-state index contributed by atoms with van der Waals surface area (Å²) < 4.78 is 4.92. The van der Waals surface area contributed by atoms with E-state index in [1.54, 1.807) is 36.4 Å². The highest BCUT2D eigenvalue weighted by Crippen LogP contribution is 2.16. The average Bonchev–Trinajstić information content (AvgIpc) is 2.63. The quantitative estimate of drug-likeness (QED) is 0.245. The number of amides is 1. The van der Waals surface area contributed by atoms with E-state index in [0.717, 1.165) is 11.1 Å². The van der Waals surface area contributed by atoms with E-state index >= 15 is 0 Å². The molecule has 0 radical (unpaired) electrons. The van der Waals surface area contributed by atoms with Gasteiger partial charge in [-0.3, -0.25) is 19.7 Å². The van der Waals surface area contributed by atoms with Crippen molar-refractivity contribution in [3.63, 3.8) is 0 Å². The van der Waals surface area contributed by atoms with E-state index < -0.39 is 10.9 Å². The minimum Gasteiger partial charge on any atom is -0.427 e. The second kappa shape index (κ2) is 10.1. The van der Waals surface area contributed by atoms with Gasteiger partial charge in [-0.15, -0.1) is 11.8 Å². The van der Waals surface area contributed by atoms with Crippen molar-refractivity contribution < 1.29 is 19.2 Å². The Hall–Kier alpha value is -3.20. The van der Waals surface area contributed by atoms with E-state index in [1.807, 2.05) is 0 Å². The van der Waals surface area contributed by atoms with Gasteiger partial charge in [0, 0.05) is 24.8 Å². The van der Waals surface area contributed by atoms with Crippen molar-refractivity contribution in [2.45, 2.75) is 12.7 Å². The zero-order valence-electron chi connectivity index (χ0n) is 14.5. The summed E-state index contributed by atoms with van der Waals surface area (Å²) in [5.41, 5.74) is 4.10. The van der Waals surface area contributed by atoms with E-state index in [1.165, 1.54) is 37.0 Å². The lowest BCUT2D eigenvalue weighted by molar-refractivity contribution is -0.384. The van der Waals surface area contributed by atoms with Crippen LogP contribution in [-0.4, -0.2) is 28.8 Å². The number of nitrogens with one attached hydrogen (secondary N) is 1. The second-order valence-electron chi connectivity index (χ2n) is 5.37. The van der Waals surface area contributed by atoms with Gasteiger partial charge in [-0.05, 0) is 35.4 Å². The topological polar surface area (TPSA) is 111 Å². The van der Waals surface area contributed by atoms with Crippen LogP contribution in [0.3, 0.4) is 0 Å². The van der Waals surface area contributed by atoms with Crippen molar-refractivity contribution in [3.8, 4) is 5.75 Å². The number of ether oxygens (including phenoxy) is 1. The molecule has 1 amide bonds. The van der Waals surface area contributed by atoms with E-state index in [4.69, 9.17) is 4.74 Å². The average molecular weight is 387 g/mol. The lowest BCUT2D eigenvalue weighted by atomic mass is 10.2. The van der Waals surface area contributed by atoms with Gasteiger partial charge >= 0.3 is 5.97 Å². The molecule has 0 saturated carbocycles. The van der Waals surface area contributed by atoms with Gasteiger partial charge < -0.3 is 4.74 Å². The van der Waals surface area contributed by atoms with Crippen LogP contribution >= 0.6 is 11.8 Å². The van der Waals surface area contributed by atoms with Gasteiger partial charge in [0.05, 0.1) is 16.9 Å². The van der Waals surface area contributed by atoms with Crippen molar-refractivity contribution in [3.05, 3.63) is 69.8 Å². The number of thioether (sulfide) groups is 1. The van der Waals surface area contributed by atoms with Gasteiger partial charge in [0.2, 0.25) is 5.91 Å². The molecular weight excluding hydrogens is 370 g/mol. The Kier molecular flexibility index (Phi) is 7.50. The normalized spacial score (nSPS) is 10.6. The Morgan fingerprint density at radius 2 is 1.85 bits per heavy atom. The third-order valence-corrected chi connectivity index (χ3v) is 4.20. The third kappa shape index (κ3) is 7.28. The Labute approximate surface area is 159 Å². The van der Waals surface area contributed by atoms with Gasteiger partial charge in [-0.2, -0.15) is 5.10 Å². The lowest BCUT2D eigenvalue weighted by Gasteiger charge is -2.02. The van der Waals surface area contributed by atoms with Crippen molar-refractivity contribution in [1.29, 1.82) is 0 Å². The number of hydrogen-bond donors (Lipinski definition) is 1. The molecule has 0 spiro atoms. The molecule has 0 saturated heterocycles. The van der Waals surface area contributed by atoms with Crippen molar-refractivity contribution >= 4 is 35.5 Å². The van der Waals surface area contributed by atoms with Crippen LogP contribution in [0.5, 0.6) is 5.75 Å². The Morgan fingerprint density at radius 3 is 2.44 bits per heavy atom.